The van der Waals surface area contributed by atoms with Crippen LogP contribution in [0.5, 0.6) is 0 Å². The Morgan fingerprint density at radius 2 is 2.10 bits per heavy atom. The van der Waals surface area contributed by atoms with Gasteiger partial charge in [0.2, 0.25) is 5.91 Å². The van der Waals surface area contributed by atoms with Crippen LogP contribution in [0.4, 0.5) is 0 Å². The Kier molecular flexibility index (Phi) is 4.74. The molecule has 1 aliphatic rings. The monoisotopic (exact) mass is 276 g/mol. The number of likely N-dealkylation sites (tertiary alicyclic amines) is 1. The maximum atomic E-state index is 12.4. The maximum absolute atomic E-state index is 12.4. The molecule has 1 saturated heterocycles. The summed E-state index contributed by atoms with van der Waals surface area (Å²) in [6.45, 7) is 0.851. The molecule has 2 N–H and O–H groups in total. The van der Waals surface area contributed by atoms with Crippen molar-refractivity contribution in [2.24, 2.45) is 5.92 Å². The summed E-state index contributed by atoms with van der Waals surface area (Å²) in [5.74, 6) is -1.25. The number of benzene rings is 1. The highest BCUT2D eigenvalue weighted by molar-refractivity contribution is 5.83. The third-order valence-electron chi connectivity index (χ3n) is 3.78. The van der Waals surface area contributed by atoms with Gasteiger partial charge >= 0.3 is 5.97 Å². The second-order valence-electron chi connectivity index (χ2n) is 5.14. The molecule has 2 atom stereocenters. The molecule has 1 heterocycles. The van der Waals surface area contributed by atoms with Crippen molar-refractivity contribution in [1.82, 2.24) is 10.2 Å². The van der Waals surface area contributed by atoms with Gasteiger partial charge in [-0.05, 0) is 25.5 Å². The van der Waals surface area contributed by atoms with Crippen molar-refractivity contribution in [2.45, 2.75) is 18.9 Å². The highest BCUT2D eigenvalue weighted by atomic mass is 16.4. The second kappa shape index (κ2) is 6.52. The van der Waals surface area contributed by atoms with E-state index in [1.807, 2.05) is 30.3 Å². The molecule has 0 bridgehead atoms. The van der Waals surface area contributed by atoms with E-state index in [1.165, 1.54) is 0 Å². The van der Waals surface area contributed by atoms with Gasteiger partial charge in [-0.2, -0.15) is 0 Å². The summed E-state index contributed by atoms with van der Waals surface area (Å²) in [7, 11) is 1.76. The second-order valence-corrected chi connectivity index (χ2v) is 5.14. The van der Waals surface area contributed by atoms with Gasteiger partial charge in [-0.25, -0.2) is 0 Å². The SMILES string of the molecule is CNC(Cc1ccccc1)C(=O)N1CCC(C(=O)O)C1. The third-order valence-corrected chi connectivity index (χ3v) is 3.78. The number of amides is 1. The molecule has 0 spiro atoms. The van der Waals surface area contributed by atoms with E-state index in [0.717, 1.165) is 5.56 Å². The maximum Gasteiger partial charge on any atom is 0.308 e. The number of aliphatic carboxylic acids is 1. The summed E-state index contributed by atoms with van der Waals surface area (Å²) in [6.07, 6.45) is 1.16. The van der Waals surface area contributed by atoms with Crippen LogP contribution in [-0.2, 0) is 16.0 Å². The van der Waals surface area contributed by atoms with Crippen LogP contribution in [0.15, 0.2) is 30.3 Å². The molecule has 0 aromatic heterocycles. The van der Waals surface area contributed by atoms with Crippen molar-refractivity contribution in [1.29, 1.82) is 0 Å². The number of rotatable bonds is 5. The predicted octanol–water partition coefficient (Wildman–Crippen LogP) is 0.750. The average Bonchev–Trinajstić information content (AvgIpc) is 2.95. The van der Waals surface area contributed by atoms with Crippen LogP contribution >= 0.6 is 0 Å². The molecule has 1 aromatic rings. The lowest BCUT2D eigenvalue weighted by Crippen LogP contribution is -2.45. The standard InChI is InChI=1S/C15H20N2O3/c1-16-13(9-11-5-3-2-4-6-11)14(18)17-8-7-12(10-17)15(19)20/h2-6,12-13,16H,7-10H2,1H3,(H,19,20). The van der Waals surface area contributed by atoms with E-state index in [9.17, 15) is 9.59 Å². The number of nitrogens with zero attached hydrogens (tertiary/aromatic N) is 1. The predicted molar refractivity (Wildman–Crippen MR) is 75.3 cm³/mol. The van der Waals surface area contributed by atoms with Gasteiger partial charge in [-0.15, -0.1) is 0 Å². The fraction of sp³-hybridized carbons (Fsp3) is 0.467. The summed E-state index contributed by atoms with van der Waals surface area (Å²) < 4.78 is 0. The van der Waals surface area contributed by atoms with Gasteiger partial charge in [0.05, 0.1) is 12.0 Å². The first-order valence-corrected chi connectivity index (χ1v) is 6.84. The number of hydrogen-bond acceptors (Lipinski definition) is 3. The number of carbonyl (C=O) groups excluding carboxylic acids is 1. The Labute approximate surface area is 118 Å². The molecule has 5 heteroatoms. The van der Waals surface area contributed by atoms with Crippen molar-refractivity contribution in [3.63, 3.8) is 0 Å². The number of likely N-dealkylation sites (N-methyl/N-ethyl adjacent to an activating group) is 1. The zero-order chi connectivity index (χ0) is 14.5. The molecule has 2 unspecified atom stereocenters. The summed E-state index contributed by atoms with van der Waals surface area (Å²) in [5, 5.41) is 12.0. The molecule has 2 rings (SSSR count). The van der Waals surface area contributed by atoms with Crippen molar-refractivity contribution >= 4 is 11.9 Å². The summed E-state index contributed by atoms with van der Waals surface area (Å²) in [5.41, 5.74) is 1.09. The van der Waals surface area contributed by atoms with E-state index in [4.69, 9.17) is 5.11 Å². The number of hydrogen-bond donors (Lipinski definition) is 2. The summed E-state index contributed by atoms with van der Waals surface area (Å²) >= 11 is 0. The number of carboxylic acid groups (broad SMARTS) is 1. The van der Waals surface area contributed by atoms with Crippen LogP contribution in [-0.4, -0.2) is 48.1 Å². The van der Waals surface area contributed by atoms with Gasteiger partial charge in [0.25, 0.3) is 0 Å². The molecule has 5 nitrogen and oxygen atoms in total. The van der Waals surface area contributed by atoms with Crippen LogP contribution in [0.25, 0.3) is 0 Å². The summed E-state index contributed by atoms with van der Waals surface area (Å²) in [4.78, 5) is 25.0. The number of nitrogens with one attached hydrogen (secondary N) is 1. The van der Waals surface area contributed by atoms with Crippen molar-refractivity contribution in [2.75, 3.05) is 20.1 Å². The fourth-order valence-corrected chi connectivity index (χ4v) is 2.55. The fourth-order valence-electron chi connectivity index (χ4n) is 2.55. The molecular weight excluding hydrogens is 256 g/mol. The van der Waals surface area contributed by atoms with Crippen LogP contribution in [0.3, 0.4) is 0 Å². The van der Waals surface area contributed by atoms with Gasteiger partial charge in [-0.1, -0.05) is 30.3 Å². The van der Waals surface area contributed by atoms with E-state index >= 15 is 0 Å². The highest BCUT2D eigenvalue weighted by Gasteiger charge is 2.33. The molecule has 0 radical (unpaired) electrons. The zero-order valence-corrected chi connectivity index (χ0v) is 11.6. The Hall–Kier alpha value is -1.88. The first-order valence-electron chi connectivity index (χ1n) is 6.84. The van der Waals surface area contributed by atoms with Crippen molar-refractivity contribution in [3.8, 4) is 0 Å². The smallest absolute Gasteiger partial charge is 0.308 e. The van der Waals surface area contributed by atoms with E-state index in [1.54, 1.807) is 11.9 Å². The van der Waals surface area contributed by atoms with Gasteiger partial charge in [0.1, 0.15) is 0 Å². The molecular formula is C15H20N2O3. The molecule has 0 aliphatic carbocycles. The van der Waals surface area contributed by atoms with Crippen LogP contribution in [0, 0.1) is 5.92 Å². The number of carbonyl (C=O) groups is 2. The molecule has 20 heavy (non-hydrogen) atoms. The van der Waals surface area contributed by atoms with E-state index in [2.05, 4.69) is 5.32 Å². The van der Waals surface area contributed by atoms with Crippen LogP contribution < -0.4 is 5.32 Å². The molecule has 1 aromatic carbocycles. The molecule has 108 valence electrons. The topological polar surface area (TPSA) is 69.6 Å². The van der Waals surface area contributed by atoms with E-state index in [-0.39, 0.29) is 11.9 Å². The van der Waals surface area contributed by atoms with Crippen molar-refractivity contribution in [3.05, 3.63) is 35.9 Å². The first-order chi connectivity index (χ1) is 9.61. The summed E-state index contributed by atoms with van der Waals surface area (Å²) in [6, 6.07) is 9.51. The van der Waals surface area contributed by atoms with E-state index in [0.29, 0.717) is 25.9 Å². The number of carboxylic acids is 1. The minimum Gasteiger partial charge on any atom is -0.481 e. The third kappa shape index (κ3) is 3.36. The Bertz CT molecular complexity index is 475. The highest BCUT2D eigenvalue weighted by Crippen LogP contribution is 2.18. The van der Waals surface area contributed by atoms with Gasteiger partial charge in [0.15, 0.2) is 0 Å². The van der Waals surface area contributed by atoms with Gasteiger partial charge in [-0.3, -0.25) is 9.59 Å². The Morgan fingerprint density at radius 3 is 2.65 bits per heavy atom. The Balaban J connectivity index is 1.98. The van der Waals surface area contributed by atoms with Gasteiger partial charge < -0.3 is 15.3 Å². The van der Waals surface area contributed by atoms with Crippen molar-refractivity contribution < 1.29 is 14.7 Å². The lowest BCUT2D eigenvalue weighted by Gasteiger charge is -2.23. The first kappa shape index (κ1) is 14.5. The van der Waals surface area contributed by atoms with Gasteiger partial charge in [0, 0.05) is 13.1 Å². The van der Waals surface area contributed by atoms with Crippen LogP contribution in [0.2, 0.25) is 0 Å². The van der Waals surface area contributed by atoms with E-state index < -0.39 is 11.9 Å². The minimum absolute atomic E-state index is 0.0138. The minimum atomic E-state index is -0.815. The molecule has 1 aliphatic heterocycles. The van der Waals surface area contributed by atoms with Crippen LogP contribution in [0.1, 0.15) is 12.0 Å². The quantitative estimate of drug-likeness (QED) is 0.832. The normalized spacial score (nSPS) is 19.9. The molecule has 0 saturated carbocycles. The molecule has 1 fully saturated rings. The zero-order valence-electron chi connectivity index (χ0n) is 11.6. The Morgan fingerprint density at radius 1 is 1.40 bits per heavy atom. The largest absolute Gasteiger partial charge is 0.481 e. The lowest BCUT2D eigenvalue weighted by molar-refractivity contribution is -0.141. The molecule has 1 amide bonds. The lowest BCUT2D eigenvalue weighted by atomic mass is 10.1. The average molecular weight is 276 g/mol.